The quantitative estimate of drug-likeness (QED) is 0.851. The zero-order valence-corrected chi connectivity index (χ0v) is 12.9. The summed E-state index contributed by atoms with van der Waals surface area (Å²) >= 11 is 0. The molecule has 1 heterocycles. The number of carbonyl (C=O) groups excluding carboxylic acids is 2. The molecule has 7 heteroatoms. The average Bonchev–Trinajstić information content (AvgIpc) is 3.00. The third-order valence-corrected chi connectivity index (χ3v) is 3.39. The first-order chi connectivity index (χ1) is 10.9. The maximum Gasteiger partial charge on any atom is 0.250 e. The SMILES string of the molecule is Cc1cc(NCC(=O)N(C)Cc2ccco2)c(C(N)=O)cc1F. The van der Waals surface area contributed by atoms with E-state index in [-0.39, 0.29) is 18.0 Å². The van der Waals surface area contributed by atoms with Crippen molar-refractivity contribution in [2.45, 2.75) is 13.5 Å². The topological polar surface area (TPSA) is 88.6 Å². The summed E-state index contributed by atoms with van der Waals surface area (Å²) in [6.07, 6.45) is 1.53. The normalized spacial score (nSPS) is 10.4. The largest absolute Gasteiger partial charge is 0.467 e. The molecule has 0 spiro atoms. The Morgan fingerprint density at radius 1 is 1.39 bits per heavy atom. The summed E-state index contributed by atoms with van der Waals surface area (Å²) in [5.41, 5.74) is 5.93. The predicted octanol–water partition coefficient (Wildman–Crippen LogP) is 1.90. The Hall–Kier alpha value is -2.83. The summed E-state index contributed by atoms with van der Waals surface area (Å²) in [5.74, 6) is -0.830. The number of nitrogens with two attached hydrogens (primary N) is 1. The molecule has 0 bridgehead atoms. The minimum atomic E-state index is -0.761. The predicted molar refractivity (Wildman–Crippen MR) is 83.3 cm³/mol. The molecule has 0 unspecified atom stereocenters. The van der Waals surface area contributed by atoms with E-state index in [2.05, 4.69) is 5.32 Å². The van der Waals surface area contributed by atoms with Crippen LogP contribution in [-0.2, 0) is 11.3 Å². The van der Waals surface area contributed by atoms with E-state index >= 15 is 0 Å². The number of likely N-dealkylation sites (N-methyl/N-ethyl adjacent to an activating group) is 1. The number of primary amides is 1. The van der Waals surface area contributed by atoms with Crippen molar-refractivity contribution in [2.75, 3.05) is 18.9 Å². The van der Waals surface area contributed by atoms with Crippen LogP contribution in [0.3, 0.4) is 0 Å². The van der Waals surface area contributed by atoms with Gasteiger partial charge >= 0.3 is 0 Å². The van der Waals surface area contributed by atoms with Crippen molar-refractivity contribution in [3.63, 3.8) is 0 Å². The Bertz CT molecular complexity index is 714. The van der Waals surface area contributed by atoms with E-state index in [4.69, 9.17) is 10.2 Å². The van der Waals surface area contributed by atoms with Crippen LogP contribution in [0, 0.1) is 12.7 Å². The maximum absolute atomic E-state index is 13.5. The van der Waals surface area contributed by atoms with Crippen LogP contribution in [0.4, 0.5) is 10.1 Å². The molecule has 0 saturated heterocycles. The number of aryl methyl sites for hydroxylation is 1. The lowest BCUT2D eigenvalue weighted by Crippen LogP contribution is -2.32. The number of hydrogen-bond acceptors (Lipinski definition) is 4. The molecule has 0 atom stereocenters. The van der Waals surface area contributed by atoms with E-state index in [1.807, 2.05) is 0 Å². The standard InChI is InChI=1S/C16H18FN3O3/c1-10-6-14(12(16(18)22)7-13(10)17)19-8-15(21)20(2)9-11-4-3-5-23-11/h3-7,19H,8-9H2,1-2H3,(H2,18,22). The Kier molecular flexibility index (Phi) is 5.00. The molecule has 0 fully saturated rings. The second kappa shape index (κ2) is 6.95. The highest BCUT2D eigenvalue weighted by Crippen LogP contribution is 2.20. The molecule has 1 aromatic carbocycles. The number of carbonyl (C=O) groups is 2. The third-order valence-electron chi connectivity index (χ3n) is 3.39. The molecule has 1 aromatic heterocycles. The summed E-state index contributed by atoms with van der Waals surface area (Å²) in [6, 6.07) is 6.03. The van der Waals surface area contributed by atoms with E-state index in [0.29, 0.717) is 23.6 Å². The molecule has 2 rings (SSSR count). The van der Waals surface area contributed by atoms with Gasteiger partial charge in [-0.15, -0.1) is 0 Å². The highest BCUT2D eigenvalue weighted by molar-refractivity contribution is 5.99. The van der Waals surface area contributed by atoms with Gasteiger partial charge < -0.3 is 20.4 Å². The van der Waals surface area contributed by atoms with Gasteiger partial charge in [-0.3, -0.25) is 9.59 Å². The fourth-order valence-corrected chi connectivity index (χ4v) is 2.06. The van der Waals surface area contributed by atoms with Crippen LogP contribution in [-0.4, -0.2) is 30.3 Å². The summed E-state index contributed by atoms with van der Waals surface area (Å²) in [4.78, 5) is 25.0. The van der Waals surface area contributed by atoms with Gasteiger partial charge in [-0.2, -0.15) is 0 Å². The van der Waals surface area contributed by atoms with Crippen molar-refractivity contribution < 1.29 is 18.4 Å². The lowest BCUT2D eigenvalue weighted by atomic mass is 10.1. The Balaban J connectivity index is 2.03. The maximum atomic E-state index is 13.5. The van der Waals surface area contributed by atoms with Crippen LogP contribution < -0.4 is 11.1 Å². The summed E-state index contributed by atoms with van der Waals surface area (Å²) in [6.45, 7) is 1.84. The minimum absolute atomic E-state index is 0.00888. The molecule has 23 heavy (non-hydrogen) atoms. The van der Waals surface area contributed by atoms with Gasteiger partial charge in [0.05, 0.1) is 24.9 Å². The number of hydrogen-bond donors (Lipinski definition) is 2. The number of benzene rings is 1. The highest BCUT2D eigenvalue weighted by Gasteiger charge is 2.15. The second-order valence-electron chi connectivity index (χ2n) is 5.19. The van der Waals surface area contributed by atoms with Gasteiger partial charge in [-0.1, -0.05) is 0 Å². The van der Waals surface area contributed by atoms with Crippen molar-refractivity contribution in [3.8, 4) is 0 Å². The first-order valence-electron chi connectivity index (χ1n) is 6.98. The second-order valence-corrected chi connectivity index (χ2v) is 5.19. The van der Waals surface area contributed by atoms with E-state index in [9.17, 15) is 14.0 Å². The number of nitrogens with zero attached hydrogens (tertiary/aromatic N) is 1. The van der Waals surface area contributed by atoms with Crippen LogP contribution in [0.15, 0.2) is 34.9 Å². The van der Waals surface area contributed by atoms with Crippen LogP contribution >= 0.6 is 0 Å². The van der Waals surface area contributed by atoms with E-state index in [1.54, 1.807) is 26.1 Å². The van der Waals surface area contributed by atoms with Crippen molar-refractivity contribution in [1.82, 2.24) is 4.90 Å². The fourth-order valence-electron chi connectivity index (χ4n) is 2.06. The lowest BCUT2D eigenvalue weighted by Gasteiger charge is -2.17. The van der Waals surface area contributed by atoms with Crippen molar-refractivity contribution in [3.05, 3.63) is 53.2 Å². The minimum Gasteiger partial charge on any atom is -0.467 e. The first kappa shape index (κ1) is 16.5. The van der Waals surface area contributed by atoms with E-state index in [1.165, 1.54) is 17.2 Å². The molecule has 0 aliphatic rings. The lowest BCUT2D eigenvalue weighted by molar-refractivity contribution is -0.128. The van der Waals surface area contributed by atoms with Gasteiger partial charge in [0.15, 0.2) is 0 Å². The fraction of sp³-hybridized carbons (Fsp3) is 0.250. The van der Waals surface area contributed by atoms with Gasteiger partial charge in [-0.05, 0) is 36.8 Å². The third kappa shape index (κ3) is 4.09. The monoisotopic (exact) mass is 319 g/mol. The van der Waals surface area contributed by atoms with Crippen molar-refractivity contribution >= 4 is 17.5 Å². The number of anilines is 1. The molecule has 2 amide bonds. The zero-order valence-electron chi connectivity index (χ0n) is 12.9. The van der Waals surface area contributed by atoms with Gasteiger partial charge in [0.1, 0.15) is 11.6 Å². The number of rotatable bonds is 6. The molecule has 6 nitrogen and oxygen atoms in total. The highest BCUT2D eigenvalue weighted by atomic mass is 19.1. The van der Waals surface area contributed by atoms with Crippen LogP contribution in [0.1, 0.15) is 21.7 Å². The van der Waals surface area contributed by atoms with Crippen LogP contribution in [0.2, 0.25) is 0 Å². The molecular formula is C16H18FN3O3. The van der Waals surface area contributed by atoms with E-state index in [0.717, 1.165) is 6.07 Å². The van der Waals surface area contributed by atoms with Crippen LogP contribution in [0.25, 0.3) is 0 Å². The Labute approximate surface area is 133 Å². The molecule has 3 N–H and O–H groups in total. The summed E-state index contributed by atoms with van der Waals surface area (Å²) < 4.78 is 18.7. The molecule has 122 valence electrons. The van der Waals surface area contributed by atoms with E-state index < -0.39 is 11.7 Å². The molecule has 0 radical (unpaired) electrons. The van der Waals surface area contributed by atoms with Gasteiger partial charge in [0.2, 0.25) is 5.91 Å². The van der Waals surface area contributed by atoms with Gasteiger partial charge in [-0.25, -0.2) is 4.39 Å². The number of halogens is 1. The summed E-state index contributed by atoms with van der Waals surface area (Å²) in [7, 11) is 1.64. The number of nitrogens with one attached hydrogen (secondary N) is 1. The number of furan rings is 1. The van der Waals surface area contributed by atoms with Gasteiger partial charge in [0, 0.05) is 12.7 Å². The Morgan fingerprint density at radius 2 is 2.13 bits per heavy atom. The smallest absolute Gasteiger partial charge is 0.250 e. The molecule has 0 saturated carbocycles. The molecule has 0 aliphatic heterocycles. The van der Waals surface area contributed by atoms with Crippen molar-refractivity contribution in [2.24, 2.45) is 5.73 Å². The van der Waals surface area contributed by atoms with Gasteiger partial charge in [0.25, 0.3) is 5.91 Å². The summed E-state index contributed by atoms with van der Waals surface area (Å²) in [5, 5.41) is 2.83. The molecule has 2 aromatic rings. The average molecular weight is 319 g/mol. The number of amides is 2. The zero-order chi connectivity index (χ0) is 17.0. The Morgan fingerprint density at radius 3 is 2.74 bits per heavy atom. The first-order valence-corrected chi connectivity index (χ1v) is 6.98. The molecular weight excluding hydrogens is 301 g/mol. The molecule has 0 aliphatic carbocycles. The van der Waals surface area contributed by atoms with Crippen molar-refractivity contribution in [1.29, 1.82) is 0 Å². The van der Waals surface area contributed by atoms with Crippen LogP contribution in [0.5, 0.6) is 0 Å².